The number of hydrogen-bond acceptors (Lipinski definition) is 6. The second-order valence-corrected chi connectivity index (χ2v) is 15.8. The van der Waals surface area contributed by atoms with Gasteiger partial charge >= 0.3 is 5.97 Å². The highest BCUT2D eigenvalue weighted by Gasteiger charge is 2.42. The van der Waals surface area contributed by atoms with Gasteiger partial charge in [0.05, 0.1) is 24.4 Å². The maximum absolute atomic E-state index is 13.0. The molecular weight excluding hydrogens is 707 g/mol. The molecule has 1 aliphatic heterocycles. The lowest BCUT2D eigenvalue weighted by Crippen LogP contribution is -2.38. The summed E-state index contributed by atoms with van der Waals surface area (Å²) in [4.78, 5) is 25.4. The minimum Gasteiger partial charge on any atom is -0.478 e. The number of amides is 1. The Bertz CT molecular complexity index is 1710. The Morgan fingerprint density at radius 1 is 0.673 bits per heavy atom. The van der Waals surface area contributed by atoms with Crippen LogP contribution in [0.15, 0.2) is 108 Å². The molecule has 5 rings (SSSR count). The molecule has 1 aliphatic rings. The van der Waals surface area contributed by atoms with Gasteiger partial charge in [0.1, 0.15) is 0 Å². The number of ether oxygens (including phenoxy) is 2. The standard InChI is InChI=1S/C47H59NO6S/c1-2-3-4-5-6-7-8-9-10-11-12-13-17-23-43(50)48-40-22-18-21-39(32-40)47-53-42(34-55-41-30-28-38(29-31-41)46(51)52)44(36-19-15-14-16-20-36)45(54-47)37-26-24-35(33-49)25-27-37/h14-16,18-22,24-32,42,44-45,47,49H,2-13,17,23,33-34H2,1H3,(H,48,50)(H,51,52). The minimum absolute atomic E-state index is 0.0138. The van der Waals surface area contributed by atoms with Crippen molar-refractivity contribution in [1.29, 1.82) is 0 Å². The van der Waals surface area contributed by atoms with Crippen LogP contribution in [-0.2, 0) is 20.9 Å². The van der Waals surface area contributed by atoms with Crippen molar-refractivity contribution in [2.45, 2.75) is 133 Å². The zero-order valence-corrected chi connectivity index (χ0v) is 33.2. The van der Waals surface area contributed by atoms with E-state index in [1.807, 2.05) is 78.9 Å². The van der Waals surface area contributed by atoms with Gasteiger partial charge in [0.2, 0.25) is 5.91 Å². The molecule has 55 heavy (non-hydrogen) atoms. The molecule has 4 atom stereocenters. The third kappa shape index (κ3) is 13.6. The number of thioether (sulfide) groups is 1. The molecular formula is C47H59NO6S. The van der Waals surface area contributed by atoms with E-state index in [2.05, 4.69) is 24.4 Å². The smallest absolute Gasteiger partial charge is 0.335 e. The molecule has 294 valence electrons. The zero-order chi connectivity index (χ0) is 38.7. The monoisotopic (exact) mass is 765 g/mol. The molecule has 0 saturated carbocycles. The fraction of sp³-hybridized carbons (Fsp3) is 0.447. The van der Waals surface area contributed by atoms with Crippen molar-refractivity contribution >= 4 is 29.3 Å². The number of benzene rings is 4. The summed E-state index contributed by atoms with van der Waals surface area (Å²) in [5.74, 6) is -0.511. The predicted molar refractivity (Wildman–Crippen MR) is 222 cm³/mol. The summed E-state index contributed by atoms with van der Waals surface area (Å²) in [6.45, 7) is 2.22. The van der Waals surface area contributed by atoms with Crippen molar-refractivity contribution in [3.05, 3.63) is 131 Å². The summed E-state index contributed by atoms with van der Waals surface area (Å²) in [6, 6.07) is 32.7. The van der Waals surface area contributed by atoms with Crippen LogP contribution in [0.4, 0.5) is 5.69 Å². The molecule has 4 unspecified atom stereocenters. The highest BCUT2D eigenvalue weighted by molar-refractivity contribution is 7.99. The average molecular weight is 766 g/mol. The van der Waals surface area contributed by atoms with E-state index in [0.717, 1.165) is 40.0 Å². The topological polar surface area (TPSA) is 105 Å². The highest BCUT2D eigenvalue weighted by Crippen LogP contribution is 2.48. The van der Waals surface area contributed by atoms with Gasteiger partial charge in [-0.1, -0.05) is 151 Å². The van der Waals surface area contributed by atoms with Crippen LogP contribution in [0.25, 0.3) is 0 Å². The van der Waals surface area contributed by atoms with E-state index in [1.54, 1.807) is 23.9 Å². The second kappa shape index (κ2) is 23.2. The first-order valence-electron chi connectivity index (χ1n) is 20.4. The second-order valence-electron chi connectivity index (χ2n) is 14.7. The summed E-state index contributed by atoms with van der Waals surface area (Å²) in [5.41, 5.74) is 4.64. The first-order chi connectivity index (χ1) is 26.9. The van der Waals surface area contributed by atoms with E-state index in [0.29, 0.717) is 17.9 Å². The largest absolute Gasteiger partial charge is 0.478 e. The summed E-state index contributed by atoms with van der Waals surface area (Å²) in [5, 5.41) is 22.2. The lowest BCUT2D eigenvalue weighted by atomic mass is 9.84. The molecule has 0 bridgehead atoms. The van der Waals surface area contributed by atoms with Crippen LogP contribution >= 0.6 is 11.8 Å². The van der Waals surface area contributed by atoms with Crippen LogP contribution in [0, 0.1) is 0 Å². The van der Waals surface area contributed by atoms with E-state index in [-0.39, 0.29) is 36.2 Å². The fourth-order valence-corrected chi connectivity index (χ4v) is 8.28. The average Bonchev–Trinajstić information content (AvgIpc) is 3.22. The maximum atomic E-state index is 13.0. The van der Waals surface area contributed by atoms with E-state index in [9.17, 15) is 19.8 Å². The van der Waals surface area contributed by atoms with E-state index >= 15 is 0 Å². The minimum atomic E-state index is -0.954. The number of nitrogens with one attached hydrogen (secondary N) is 1. The summed E-state index contributed by atoms with van der Waals surface area (Å²) >= 11 is 1.61. The first-order valence-corrected chi connectivity index (χ1v) is 21.3. The van der Waals surface area contributed by atoms with Crippen molar-refractivity contribution in [1.82, 2.24) is 0 Å². The van der Waals surface area contributed by atoms with Gasteiger partial charge in [0.15, 0.2) is 6.29 Å². The van der Waals surface area contributed by atoms with Gasteiger partial charge in [-0.05, 0) is 59.5 Å². The molecule has 8 heteroatoms. The molecule has 7 nitrogen and oxygen atoms in total. The molecule has 0 spiro atoms. The number of carbonyl (C=O) groups excluding carboxylic acids is 1. The molecule has 0 aromatic heterocycles. The molecule has 0 radical (unpaired) electrons. The number of aliphatic hydroxyl groups is 1. The Morgan fingerprint density at radius 2 is 1.29 bits per heavy atom. The molecule has 3 N–H and O–H groups in total. The number of aliphatic hydroxyl groups excluding tert-OH is 1. The Labute approximate surface area is 332 Å². The number of anilines is 1. The number of carboxylic acid groups (broad SMARTS) is 1. The summed E-state index contributed by atoms with van der Waals surface area (Å²) in [6.07, 6.45) is 15.6. The number of unbranched alkanes of at least 4 members (excludes halogenated alkanes) is 12. The molecule has 1 amide bonds. The summed E-state index contributed by atoms with van der Waals surface area (Å²) in [7, 11) is 0. The van der Waals surface area contributed by atoms with Crippen LogP contribution in [-0.4, -0.2) is 33.9 Å². The maximum Gasteiger partial charge on any atom is 0.335 e. The van der Waals surface area contributed by atoms with Crippen LogP contribution in [0.1, 0.15) is 148 Å². The number of rotatable bonds is 23. The Hall–Kier alpha value is -3.95. The molecule has 4 aromatic carbocycles. The van der Waals surface area contributed by atoms with Crippen molar-refractivity contribution in [2.75, 3.05) is 11.1 Å². The Kier molecular flexibility index (Phi) is 17.8. The first kappa shape index (κ1) is 42.2. The van der Waals surface area contributed by atoms with E-state index in [1.165, 1.54) is 70.6 Å². The van der Waals surface area contributed by atoms with E-state index in [4.69, 9.17) is 9.47 Å². The third-order valence-electron chi connectivity index (χ3n) is 10.4. The van der Waals surface area contributed by atoms with Crippen molar-refractivity contribution in [3.63, 3.8) is 0 Å². The number of carboxylic acids is 1. The van der Waals surface area contributed by atoms with Gasteiger partial charge in [0, 0.05) is 34.2 Å². The fourth-order valence-electron chi connectivity index (χ4n) is 7.31. The molecule has 4 aromatic rings. The molecule has 1 heterocycles. The normalized spacial score (nSPS) is 18.2. The Balaban J connectivity index is 1.22. The van der Waals surface area contributed by atoms with Crippen LogP contribution in [0.5, 0.6) is 0 Å². The quantitative estimate of drug-likeness (QED) is 0.0510. The van der Waals surface area contributed by atoms with Crippen molar-refractivity contribution in [2.24, 2.45) is 0 Å². The highest BCUT2D eigenvalue weighted by atomic mass is 32.2. The van der Waals surface area contributed by atoms with E-state index < -0.39 is 12.3 Å². The molecule has 1 fully saturated rings. The van der Waals surface area contributed by atoms with Crippen molar-refractivity contribution < 1.29 is 29.3 Å². The van der Waals surface area contributed by atoms with Crippen LogP contribution < -0.4 is 5.32 Å². The predicted octanol–water partition coefficient (Wildman–Crippen LogP) is 12.0. The van der Waals surface area contributed by atoms with Gasteiger partial charge in [-0.15, -0.1) is 11.8 Å². The van der Waals surface area contributed by atoms with Gasteiger partial charge in [-0.3, -0.25) is 4.79 Å². The lowest BCUT2D eigenvalue weighted by Gasteiger charge is -2.43. The summed E-state index contributed by atoms with van der Waals surface area (Å²) < 4.78 is 13.7. The molecule has 1 saturated heterocycles. The Morgan fingerprint density at radius 3 is 1.91 bits per heavy atom. The van der Waals surface area contributed by atoms with Crippen LogP contribution in [0.2, 0.25) is 0 Å². The lowest BCUT2D eigenvalue weighted by molar-refractivity contribution is -0.255. The SMILES string of the molecule is CCCCCCCCCCCCCCCC(=O)Nc1cccc(C2OC(CSc3ccc(C(=O)O)cc3)C(c3ccccc3)C(c3ccc(CO)cc3)O2)c1. The third-order valence-corrected chi connectivity index (χ3v) is 11.5. The van der Waals surface area contributed by atoms with Gasteiger partial charge in [-0.25, -0.2) is 4.79 Å². The van der Waals surface area contributed by atoms with Crippen LogP contribution in [0.3, 0.4) is 0 Å². The number of aromatic carboxylic acids is 1. The molecule has 0 aliphatic carbocycles. The number of hydrogen-bond donors (Lipinski definition) is 3. The zero-order valence-electron chi connectivity index (χ0n) is 32.4. The van der Waals surface area contributed by atoms with Gasteiger partial charge in [-0.2, -0.15) is 0 Å². The van der Waals surface area contributed by atoms with Gasteiger partial charge in [0.25, 0.3) is 0 Å². The van der Waals surface area contributed by atoms with Crippen molar-refractivity contribution in [3.8, 4) is 0 Å². The van der Waals surface area contributed by atoms with Gasteiger partial charge < -0.3 is 25.0 Å². The number of carbonyl (C=O) groups is 2.